The number of nitrogens with zero attached hydrogens (tertiary/aromatic N) is 1. The van der Waals surface area contributed by atoms with Crippen LogP contribution in [0.4, 0.5) is 0 Å². The molecule has 3 heteroatoms. The SMILES string of the molecule is ClCCCN1C[C@@H]2C[C@]2(c2ccc(Br)cc2)C1. The van der Waals surface area contributed by atoms with Gasteiger partial charge in [0.05, 0.1) is 0 Å². The number of hydrogen-bond donors (Lipinski definition) is 0. The summed E-state index contributed by atoms with van der Waals surface area (Å²) in [5.74, 6) is 1.67. The number of hydrogen-bond acceptors (Lipinski definition) is 1. The normalized spacial score (nSPS) is 31.5. The minimum atomic E-state index is 0.479. The summed E-state index contributed by atoms with van der Waals surface area (Å²) in [5.41, 5.74) is 2.01. The zero-order valence-corrected chi connectivity index (χ0v) is 12.2. The second-order valence-electron chi connectivity index (χ2n) is 5.34. The van der Waals surface area contributed by atoms with E-state index in [1.54, 1.807) is 0 Å². The van der Waals surface area contributed by atoms with Gasteiger partial charge in [-0.05, 0) is 43.0 Å². The molecule has 2 fully saturated rings. The largest absolute Gasteiger partial charge is 0.302 e. The van der Waals surface area contributed by atoms with Crippen molar-refractivity contribution in [3.63, 3.8) is 0 Å². The van der Waals surface area contributed by atoms with Crippen LogP contribution in [0.25, 0.3) is 0 Å². The Labute approximate surface area is 116 Å². The molecule has 0 radical (unpaired) electrons. The lowest BCUT2D eigenvalue weighted by Gasteiger charge is -2.20. The van der Waals surface area contributed by atoms with Crippen molar-refractivity contribution in [2.24, 2.45) is 5.92 Å². The average molecular weight is 315 g/mol. The topological polar surface area (TPSA) is 3.24 Å². The molecule has 0 aromatic heterocycles. The van der Waals surface area contributed by atoms with Gasteiger partial charge in [0.15, 0.2) is 0 Å². The molecule has 1 nitrogen and oxygen atoms in total. The van der Waals surface area contributed by atoms with Gasteiger partial charge in [-0.3, -0.25) is 0 Å². The molecule has 0 bridgehead atoms. The Hall–Kier alpha value is -0.0500. The molecule has 0 unspecified atom stereocenters. The molecule has 3 rings (SSSR count). The van der Waals surface area contributed by atoms with E-state index < -0.39 is 0 Å². The molecule has 1 aromatic carbocycles. The maximum atomic E-state index is 5.76. The van der Waals surface area contributed by atoms with Crippen molar-refractivity contribution >= 4 is 27.5 Å². The molecule has 1 heterocycles. The summed E-state index contributed by atoms with van der Waals surface area (Å²) in [6, 6.07) is 8.91. The first kappa shape index (κ1) is 12.0. The van der Waals surface area contributed by atoms with Crippen LogP contribution in [0.3, 0.4) is 0 Å². The highest BCUT2D eigenvalue weighted by molar-refractivity contribution is 9.10. The number of alkyl halides is 1. The molecule has 2 atom stereocenters. The monoisotopic (exact) mass is 313 g/mol. The van der Waals surface area contributed by atoms with Crippen molar-refractivity contribution in [2.45, 2.75) is 18.3 Å². The first-order valence-electron chi connectivity index (χ1n) is 6.29. The smallest absolute Gasteiger partial charge is 0.0235 e. The average Bonchev–Trinajstić information content (AvgIpc) is 2.91. The van der Waals surface area contributed by atoms with Crippen molar-refractivity contribution in [2.75, 3.05) is 25.5 Å². The third-order valence-corrected chi connectivity index (χ3v) is 5.04. The highest BCUT2D eigenvalue weighted by atomic mass is 79.9. The second-order valence-corrected chi connectivity index (χ2v) is 6.64. The number of benzene rings is 1. The van der Waals surface area contributed by atoms with E-state index in [9.17, 15) is 0 Å². The molecule has 17 heavy (non-hydrogen) atoms. The summed E-state index contributed by atoms with van der Waals surface area (Å²) in [5, 5.41) is 0. The lowest BCUT2D eigenvalue weighted by Crippen LogP contribution is -2.27. The quantitative estimate of drug-likeness (QED) is 0.767. The molecule has 1 aromatic rings. The highest BCUT2D eigenvalue weighted by Gasteiger charge is 2.60. The van der Waals surface area contributed by atoms with Crippen LogP contribution in [0.15, 0.2) is 28.7 Å². The molecule has 0 N–H and O–H groups in total. The molecular formula is C14H17BrClN. The molecule has 1 saturated carbocycles. The standard InChI is InChI=1S/C14H17BrClN/c15-13-4-2-11(3-5-13)14-8-12(14)9-17(10-14)7-1-6-16/h2-5,12H,1,6-10H2/t12-,14+/m0/s1. The highest BCUT2D eigenvalue weighted by Crippen LogP contribution is 2.58. The van der Waals surface area contributed by atoms with Gasteiger partial charge in [0, 0.05) is 28.9 Å². The third-order valence-electron chi connectivity index (χ3n) is 4.24. The summed E-state index contributed by atoms with van der Waals surface area (Å²) in [7, 11) is 0. The van der Waals surface area contributed by atoms with Gasteiger partial charge >= 0.3 is 0 Å². The van der Waals surface area contributed by atoms with E-state index in [4.69, 9.17) is 11.6 Å². The predicted molar refractivity (Wildman–Crippen MR) is 75.7 cm³/mol. The fraction of sp³-hybridized carbons (Fsp3) is 0.571. The Morgan fingerprint density at radius 3 is 2.82 bits per heavy atom. The maximum Gasteiger partial charge on any atom is 0.0235 e. The van der Waals surface area contributed by atoms with Gasteiger partial charge in [0.2, 0.25) is 0 Å². The van der Waals surface area contributed by atoms with E-state index in [0.717, 1.165) is 24.8 Å². The van der Waals surface area contributed by atoms with E-state index in [-0.39, 0.29) is 0 Å². The Kier molecular flexibility index (Phi) is 3.22. The van der Waals surface area contributed by atoms with Gasteiger partial charge < -0.3 is 4.90 Å². The number of likely N-dealkylation sites (tertiary alicyclic amines) is 1. The van der Waals surface area contributed by atoms with Gasteiger partial charge in [-0.2, -0.15) is 0 Å². The number of fused-ring (bicyclic) bond motifs is 1. The van der Waals surface area contributed by atoms with Crippen molar-refractivity contribution in [3.05, 3.63) is 34.3 Å². The van der Waals surface area contributed by atoms with Crippen LogP contribution < -0.4 is 0 Å². The van der Waals surface area contributed by atoms with E-state index in [2.05, 4.69) is 45.1 Å². The van der Waals surface area contributed by atoms with Gasteiger partial charge in [-0.1, -0.05) is 28.1 Å². The van der Waals surface area contributed by atoms with Crippen molar-refractivity contribution in [1.29, 1.82) is 0 Å². The lowest BCUT2D eigenvalue weighted by molar-refractivity contribution is 0.299. The Morgan fingerprint density at radius 2 is 2.12 bits per heavy atom. The summed E-state index contributed by atoms with van der Waals surface area (Å²) >= 11 is 9.27. The summed E-state index contributed by atoms with van der Waals surface area (Å²) in [4.78, 5) is 2.58. The van der Waals surface area contributed by atoms with E-state index in [1.807, 2.05) is 0 Å². The summed E-state index contributed by atoms with van der Waals surface area (Å²) < 4.78 is 1.17. The van der Waals surface area contributed by atoms with Crippen LogP contribution in [-0.4, -0.2) is 30.4 Å². The lowest BCUT2D eigenvalue weighted by atomic mass is 9.95. The molecular weight excluding hydrogens is 298 g/mol. The van der Waals surface area contributed by atoms with Crippen LogP contribution in [0.5, 0.6) is 0 Å². The number of halogens is 2. The minimum absolute atomic E-state index is 0.479. The van der Waals surface area contributed by atoms with E-state index in [1.165, 1.54) is 29.5 Å². The van der Waals surface area contributed by atoms with Crippen LogP contribution in [0, 0.1) is 5.92 Å². The Morgan fingerprint density at radius 1 is 1.35 bits per heavy atom. The van der Waals surface area contributed by atoms with Gasteiger partial charge in [0.25, 0.3) is 0 Å². The molecule has 0 amide bonds. The first-order chi connectivity index (χ1) is 8.24. The second kappa shape index (κ2) is 4.56. The number of piperidine rings is 1. The molecule has 0 spiro atoms. The predicted octanol–water partition coefficient (Wildman–Crippen LogP) is 3.65. The molecule has 1 saturated heterocycles. The fourth-order valence-corrected chi connectivity index (χ4v) is 3.65. The molecule has 1 aliphatic carbocycles. The van der Waals surface area contributed by atoms with Crippen molar-refractivity contribution < 1.29 is 0 Å². The van der Waals surface area contributed by atoms with Crippen LogP contribution in [0.1, 0.15) is 18.4 Å². The van der Waals surface area contributed by atoms with Crippen LogP contribution in [0.2, 0.25) is 0 Å². The zero-order valence-electron chi connectivity index (χ0n) is 9.83. The van der Waals surface area contributed by atoms with Crippen LogP contribution >= 0.6 is 27.5 Å². The Balaban J connectivity index is 1.71. The van der Waals surface area contributed by atoms with Gasteiger partial charge in [0.1, 0.15) is 0 Å². The van der Waals surface area contributed by atoms with Gasteiger partial charge in [-0.15, -0.1) is 11.6 Å². The van der Waals surface area contributed by atoms with E-state index in [0.29, 0.717) is 5.41 Å². The van der Waals surface area contributed by atoms with E-state index >= 15 is 0 Å². The van der Waals surface area contributed by atoms with Crippen molar-refractivity contribution in [1.82, 2.24) is 4.90 Å². The fourth-order valence-electron chi connectivity index (χ4n) is 3.27. The number of rotatable bonds is 4. The molecule has 92 valence electrons. The molecule has 2 aliphatic rings. The van der Waals surface area contributed by atoms with Gasteiger partial charge in [-0.25, -0.2) is 0 Å². The Bertz CT molecular complexity index is 405. The molecule has 1 aliphatic heterocycles. The summed E-state index contributed by atoms with van der Waals surface area (Å²) in [6.45, 7) is 3.67. The third kappa shape index (κ3) is 2.16. The zero-order chi connectivity index (χ0) is 11.9. The first-order valence-corrected chi connectivity index (χ1v) is 7.62. The van der Waals surface area contributed by atoms with Crippen molar-refractivity contribution in [3.8, 4) is 0 Å². The maximum absolute atomic E-state index is 5.76. The van der Waals surface area contributed by atoms with Crippen LogP contribution in [-0.2, 0) is 5.41 Å². The minimum Gasteiger partial charge on any atom is -0.302 e. The summed E-state index contributed by atoms with van der Waals surface area (Å²) in [6.07, 6.45) is 2.50.